The number of benzene rings is 1. The number of rotatable bonds is 5. The number of carbonyl (C=O) groups is 1. The van der Waals surface area contributed by atoms with Crippen LogP contribution in [-0.4, -0.2) is 23.5 Å². The number of ether oxygens (including phenoxy) is 1. The minimum atomic E-state index is -0.439. The first-order valence-corrected chi connectivity index (χ1v) is 6.73. The van der Waals surface area contributed by atoms with E-state index in [1.54, 1.807) is 13.0 Å². The van der Waals surface area contributed by atoms with Crippen molar-refractivity contribution in [1.82, 2.24) is 5.32 Å². The Hall–Kier alpha value is -2.11. The molecule has 0 bridgehead atoms. The Kier molecular flexibility index (Phi) is 4.55. The zero-order valence-electron chi connectivity index (χ0n) is 11.4. The van der Waals surface area contributed by atoms with E-state index < -0.39 is 4.92 Å². The van der Waals surface area contributed by atoms with Gasteiger partial charge in [0.25, 0.3) is 11.6 Å². The Bertz CT molecular complexity index is 510. The Balaban J connectivity index is 1.85. The first-order valence-electron chi connectivity index (χ1n) is 6.73. The van der Waals surface area contributed by atoms with Crippen LogP contribution in [0.15, 0.2) is 18.2 Å². The molecule has 108 valence electrons. The molecule has 0 spiro atoms. The standard InChI is InChI=1S/C14H18N2O4/c1-10-8-12(6-7-13(10)16(18)19)20-9-14(17)15-11-4-2-3-5-11/h6-8,11H,2-5,9H2,1H3,(H,15,17). The highest BCUT2D eigenvalue weighted by atomic mass is 16.6. The van der Waals surface area contributed by atoms with E-state index in [9.17, 15) is 14.9 Å². The van der Waals surface area contributed by atoms with E-state index in [0.29, 0.717) is 11.3 Å². The van der Waals surface area contributed by atoms with Gasteiger partial charge in [-0.25, -0.2) is 0 Å². The fraction of sp³-hybridized carbons (Fsp3) is 0.500. The number of amides is 1. The number of hydrogen-bond donors (Lipinski definition) is 1. The number of nitrogens with zero attached hydrogens (tertiary/aromatic N) is 1. The molecule has 1 amide bonds. The Morgan fingerprint density at radius 3 is 2.75 bits per heavy atom. The van der Waals surface area contributed by atoms with Crippen LogP contribution in [0.5, 0.6) is 5.75 Å². The summed E-state index contributed by atoms with van der Waals surface area (Å²) in [7, 11) is 0. The van der Waals surface area contributed by atoms with Crippen LogP contribution in [0.25, 0.3) is 0 Å². The molecule has 1 aliphatic carbocycles. The highest BCUT2D eigenvalue weighted by Gasteiger charge is 2.17. The summed E-state index contributed by atoms with van der Waals surface area (Å²) >= 11 is 0. The third kappa shape index (κ3) is 3.69. The summed E-state index contributed by atoms with van der Waals surface area (Å²) in [6.07, 6.45) is 4.38. The summed E-state index contributed by atoms with van der Waals surface area (Å²) in [6.45, 7) is 1.58. The van der Waals surface area contributed by atoms with Gasteiger partial charge in [0.1, 0.15) is 5.75 Å². The Morgan fingerprint density at radius 2 is 2.15 bits per heavy atom. The van der Waals surface area contributed by atoms with Crippen LogP contribution in [0.4, 0.5) is 5.69 Å². The maximum Gasteiger partial charge on any atom is 0.272 e. The van der Waals surface area contributed by atoms with Gasteiger partial charge in [-0.1, -0.05) is 12.8 Å². The zero-order chi connectivity index (χ0) is 14.5. The molecule has 0 heterocycles. The van der Waals surface area contributed by atoms with Crippen molar-refractivity contribution in [3.8, 4) is 5.75 Å². The summed E-state index contributed by atoms with van der Waals surface area (Å²) < 4.78 is 5.36. The maximum absolute atomic E-state index is 11.7. The van der Waals surface area contributed by atoms with Gasteiger partial charge in [0.15, 0.2) is 6.61 Å². The molecular formula is C14H18N2O4. The molecule has 1 saturated carbocycles. The summed E-state index contributed by atoms with van der Waals surface area (Å²) in [5, 5.41) is 13.6. The van der Waals surface area contributed by atoms with Gasteiger partial charge in [0.05, 0.1) is 4.92 Å². The van der Waals surface area contributed by atoms with Gasteiger partial charge in [0.2, 0.25) is 0 Å². The van der Waals surface area contributed by atoms with E-state index in [0.717, 1.165) is 25.7 Å². The minimum absolute atomic E-state index is 0.0488. The molecule has 0 unspecified atom stereocenters. The fourth-order valence-corrected chi connectivity index (χ4v) is 2.41. The van der Waals surface area contributed by atoms with Crippen LogP contribution in [0.2, 0.25) is 0 Å². The molecule has 0 aromatic heterocycles. The fourth-order valence-electron chi connectivity index (χ4n) is 2.41. The normalized spacial score (nSPS) is 15.1. The van der Waals surface area contributed by atoms with Crippen molar-refractivity contribution in [3.63, 3.8) is 0 Å². The monoisotopic (exact) mass is 278 g/mol. The summed E-state index contributed by atoms with van der Waals surface area (Å²) in [5.74, 6) is 0.322. The lowest BCUT2D eigenvalue weighted by atomic mass is 10.2. The number of nitro benzene ring substituents is 1. The Morgan fingerprint density at radius 1 is 1.45 bits per heavy atom. The van der Waals surface area contributed by atoms with Crippen LogP contribution in [0.1, 0.15) is 31.2 Å². The molecule has 0 radical (unpaired) electrons. The van der Waals surface area contributed by atoms with Crippen LogP contribution in [-0.2, 0) is 4.79 Å². The van der Waals surface area contributed by atoms with Crippen molar-refractivity contribution in [2.45, 2.75) is 38.6 Å². The van der Waals surface area contributed by atoms with E-state index in [-0.39, 0.29) is 24.2 Å². The SMILES string of the molecule is Cc1cc(OCC(=O)NC2CCCC2)ccc1[N+](=O)[O-]. The summed E-state index contributed by atoms with van der Waals surface area (Å²) in [6, 6.07) is 4.74. The van der Waals surface area contributed by atoms with Crippen LogP contribution in [0, 0.1) is 17.0 Å². The molecule has 1 N–H and O–H groups in total. The smallest absolute Gasteiger partial charge is 0.272 e. The molecule has 1 fully saturated rings. The van der Waals surface area contributed by atoms with Crippen molar-refractivity contribution in [1.29, 1.82) is 0 Å². The van der Waals surface area contributed by atoms with Gasteiger partial charge in [-0.2, -0.15) is 0 Å². The highest BCUT2D eigenvalue weighted by Crippen LogP contribution is 2.23. The average Bonchev–Trinajstić information content (AvgIpc) is 2.89. The zero-order valence-corrected chi connectivity index (χ0v) is 11.4. The number of nitro groups is 1. The predicted molar refractivity (Wildman–Crippen MR) is 73.7 cm³/mol. The number of aryl methyl sites for hydroxylation is 1. The number of carbonyl (C=O) groups excluding carboxylic acids is 1. The first-order chi connectivity index (χ1) is 9.56. The van der Waals surface area contributed by atoms with Crippen molar-refractivity contribution in [2.75, 3.05) is 6.61 Å². The summed E-state index contributed by atoms with van der Waals surface area (Å²) in [4.78, 5) is 21.9. The molecule has 1 aromatic rings. The van der Waals surface area contributed by atoms with Gasteiger partial charge in [-0.3, -0.25) is 14.9 Å². The lowest BCUT2D eigenvalue weighted by molar-refractivity contribution is -0.385. The highest BCUT2D eigenvalue weighted by molar-refractivity contribution is 5.77. The van der Waals surface area contributed by atoms with Crippen molar-refractivity contribution < 1.29 is 14.5 Å². The molecular weight excluding hydrogens is 260 g/mol. The third-order valence-corrected chi connectivity index (χ3v) is 3.46. The second kappa shape index (κ2) is 6.36. The second-order valence-corrected chi connectivity index (χ2v) is 5.04. The third-order valence-electron chi connectivity index (χ3n) is 3.46. The van der Waals surface area contributed by atoms with Gasteiger partial charge in [-0.05, 0) is 31.9 Å². The van der Waals surface area contributed by atoms with E-state index in [1.807, 2.05) is 0 Å². The molecule has 1 aliphatic rings. The van der Waals surface area contributed by atoms with Gasteiger partial charge in [-0.15, -0.1) is 0 Å². The van der Waals surface area contributed by atoms with Gasteiger partial charge in [0, 0.05) is 17.7 Å². The molecule has 0 aliphatic heterocycles. The topological polar surface area (TPSA) is 81.5 Å². The van der Waals surface area contributed by atoms with Crippen LogP contribution < -0.4 is 10.1 Å². The summed E-state index contributed by atoms with van der Waals surface area (Å²) in [5.41, 5.74) is 0.566. The van der Waals surface area contributed by atoms with E-state index in [1.165, 1.54) is 12.1 Å². The lowest BCUT2D eigenvalue weighted by Gasteiger charge is -2.12. The molecule has 0 atom stereocenters. The second-order valence-electron chi connectivity index (χ2n) is 5.04. The molecule has 20 heavy (non-hydrogen) atoms. The van der Waals surface area contributed by atoms with Crippen molar-refractivity contribution in [2.24, 2.45) is 0 Å². The molecule has 1 aromatic carbocycles. The maximum atomic E-state index is 11.7. The van der Waals surface area contributed by atoms with Crippen LogP contribution >= 0.6 is 0 Å². The lowest BCUT2D eigenvalue weighted by Crippen LogP contribution is -2.36. The van der Waals surface area contributed by atoms with Gasteiger partial charge < -0.3 is 10.1 Å². The molecule has 6 heteroatoms. The minimum Gasteiger partial charge on any atom is -0.484 e. The van der Waals surface area contributed by atoms with Crippen molar-refractivity contribution >= 4 is 11.6 Å². The average molecular weight is 278 g/mol. The predicted octanol–water partition coefficient (Wildman–Crippen LogP) is 2.34. The van der Waals surface area contributed by atoms with Gasteiger partial charge >= 0.3 is 0 Å². The van der Waals surface area contributed by atoms with Crippen molar-refractivity contribution in [3.05, 3.63) is 33.9 Å². The quantitative estimate of drug-likeness (QED) is 0.662. The van der Waals surface area contributed by atoms with E-state index in [2.05, 4.69) is 5.32 Å². The van der Waals surface area contributed by atoms with E-state index in [4.69, 9.17) is 4.74 Å². The Labute approximate surface area is 117 Å². The molecule has 2 rings (SSSR count). The molecule has 6 nitrogen and oxygen atoms in total. The largest absolute Gasteiger partial charge is 0.484 e. The number of nitrogens with one attached hydrogen (secondary N) is 1. The molecule has 0 saturated heterocycles. The van der Waals surface area contributed by atoms with Crippen LogP contribution in [0.3, 0.4) is 0 Å². The number of hydrogen-bond acceptors (Lipinski definition) is 4. The van der Waals surface area contributed by atoms with E-state index >= 15 is 0 Å². The first kappa shape index (κ1) is 14.3.